The minimum Gasteiger partial charge on any atom is -0.455 e. The standard InChI is InChI=1S/C54H36N2O/c1-4-14-37(15-5-1)38-24-29-43(30-25-38)55(45-35-48(40-16-6-2-7-17-40)54-50(36-45)47-21-11-13-23-53(47)57-54)44-31-26-39(27-32-44)41-28-33-52-49(34-41)46-20-10-12-22-51(46)56(52)42-18-8-3-9-19-42/h1-36H. The number of hydrogen-bond donors (Lipinski definition) is 0. The molecule has 0 radical (unpaired) electrons. The van der Waals surface area contributed by atoms with Gasteiger partial charge in [0.15, 0.2) is 0 Å². The normalized spacial score (nSPS) is 11.5. The third kappa shape index (κ3) is 5.68. The largest absolute Gasteiger partial charge is 0.455 e. The zero-order valence-electron chi connectivity index (χ0n) is 31.1. The van der Waals surface area contributed by atoms with Crippen LogP contribution in [0, 0.1) is 0 Å². The minimum atomic E-state index is 0.883. The van der Waals surface area contributed by atoms with Crippen molar-refractivity contribution < 1.29 is 4.42 Å². The van der Waals surface area contributed by atoms with Crippen LogP contribution >= 0.6 is 0 Å². The first-order valence-electron chi connectivity index (χ1n) is 19.4. The predicted molar refractivity (Wildman–Crippen MR) is 239 cm³/mol. The van der Waals surface area contributed by atoms with Crippen LogP contribution in [0.4, 0.5) is 17.1 Å². The van der Waals surface area contributed by atoms with Crippen LogP contribution in [0.3, 0.4) is 0 Å². The highest BCUT2D eigenvalue weighted by molar-refractivity contribution is 6.12. The Morgan fingerprint density at radius 2 is 0.860 bits per heavy atom. The summed E-state index contributed by atoms with van der Waals surface area (Å²) in [7, 11) is 0. The van der Waals surface area contributed by atoms with Crippen molar-refractivity contribution in [1.29, 1.82) is 0 Å². The lowest BCUT2D eigenvalue weighted by molar-refractivity contribution is 0.670. The lowest BCUT2D eigenvalue weighted by Crippen LogP contribution is -2.10. The summed E-state index contributed by atoms with van der Waals surface area (Å²) in [5.41, 5.74) is 15.4. The third-order valence-electron chi connectivity index (χ3n) is 11.2. The molecule has 0 saturated heterocycles. The molecule has 0 spiro atoms. The zero-order valence-corrected chi connectivity index (χ0v) is 31.1. The van der Waals surface area contributed by atoms with Gasteiger partial charge in [-0.05, 0) is 101 Å². The Kier molecular flexibility index (Phi) is 7.82. The van der Waals surface area contributed by atoms with Gasteiger partial charge >= 0.3 is 0 Å². The predicted octanol–water partition coefficient (Wildman–Crippen LogP) is 15.2. The number of rotatable bonds is 7. The minimum absolute atomic E-state index is 0.883. The molecule has 2 heterocycles. The smallest absolute Gasteiger partial charge is 0.143 e. The van der Waals surface area contributed by atoms with Crippen molar-refractivity contribution >= 4 is 60.8 Å². The number of aromatic nitrogens is 1. The van der Waals surface area contributed by atoms with Crippen LogP contribution < -0.4 is 4.90 Å². The quantitative estimate of drug-likeness (QED) is 0.163. The Balaban J connectivity index is 1.06. The van der Waals surface area contributed by atoms with E-state index in [0.29, 0.717) is 0 Å². The molecule has 0 bridgehead atoms. The van der Waals surface area contributed by atoms with Crippen LogP contribution in [0.25, 0.3) is 82.8 Å². The van der Waals surface area contributed by atoms with E-state index in [2.05, 4.69) is 222 Å². The first kappa shape index (κ1) is 32.8. The Hall–Kier alpha value is -7.62. The number of hydrogen-bond acceptors (Lipinski definition) is 2. The van der Waals surface area contributed by atoms with Gasteiger partial charge in [-0.3, -0.25) is 0 Å². The van der Waals surface area contributed by atoms with Gasteiger partial charge in [-0.15, -0.1) is 0 Å². The highest BCUT2D eigenvalue weighted by Gasteiger charge is 2.20. The molecule has 11 rings (SSSR count). The van der Waals surface area contributed by atoms with Gasteiger partial charge in [-0.25, -0.2) is 0 Å². The molecule has 0 N–H and O–H groups in total. The second-order valence-electron chi connectivity index (χ2n) is 14.5. The van der Waals surface area contributed by atoms with E-state index in [0.717, 1.165) is 61.4 Å². The van der Waals surface area contributed by atoms with Crippen molar-refractivity contribution in [1.82, 2.24) is 4.57 Å². The average Bonchev–Trinajstić information content (AvgIpc) is 3.83. The second kappa shape index (κ2) is 13.6. The van der Waals surface area contributed by atoms with Crippen molar-refractivity contribution in [3.8, 4) is 39.1 Å². The molecule has 268 valence electrons. The van der Waals surface area contributed by atoms with E-state index in [4.69, 9.17) is 4.42 Å². The van der Waals surface area contributed by atoms with Gasteiger partial charge < -0.3 is 13.9 Å². The summed E-state index contributed by atoms with van der Waals surface area (Å²) in [4.78, 5) is 2.36. The van der Waals surface area contributed by atoms with Crippen LogP contribution in [0.5, 0.6) is 0 Å². The molecule has 11 aromatic rings. The molecule has 0 atom stereocenters. The van der Waals surface area contributed by atoms with Crippen LogP contribution in [-0.2, 0) is 0 Å². The fraction of sp³-hybridized carbons (Fsp3) is 0. The van der Waals surface area contributed by atoms with E-state index in [1.54, 1.807) is 0 Å². The fourth-order valence-electron chi connectivity index (χ4n) is 8.46. The number of anilines is 3. The molecule has 0 aliphatic heterocycles. The highest BCUT2D eigenvalue weighted by atomic mass is 16.3. The summed E-state index contributed by atoms with van der Waals surface area (Å²) in [6, 6.07) is 78.1. The van der Waals surface area contributed by atoms with Crippen molar-refractivity contribution in [3.05, 3.63) is 218 Å². The van der Waals surface area contributed by atoms with Gasteiger partial charge in [0.25, 0.3) is 0 Å². The van der Waals surface area contributed by atoms with E-state index in [1.165, 1.54) is 38.5 Å². The Morgan fingerprint density at radius 3 is 1.56 bits per heavy atom. The van der Waals surface area contributed by atoms with Crippen LogP contribution in [-0.4, -0.2) is 4.57 Å². The van der Waals surface area contributed by atoms with Crippen LogP contribution in [0.1, 0.15) is 0 Å². The number of benzene rings is 9. The fourth-order valence-corrected chi connectivity index (χ4v) is 8.46. The first-order valence-corrected chi connectivity index (χ1v) is 19.4. The maximum atomic E-state index is 6.58. The molecule has 2 aromatic heterocycles. The molecule has 0 fully saturated rings. The number of para-hydroxylation sites is 3. The van der Waals surface area contributed by atoms with Gasteiger partial charge in [0.2, 0.25) is 0 Å². The molecule has 3 heteroatoms. The van der Waals surface area contributed by atoms with Crippen molar-refractivity contribution in [2.75, 3.05) is 4.90 Å². The molecular formula is C54H36N2O. The molecule has 9 aromatic carbocycles. The van der Waals surface area contributed by atoms with Crippen molar-refractivity contribution in [2.24, 2.45) is 0 Å². The van der Waals surface area contributed by atoms with Gasteiger partial charge in [0.05, 0.1) is 11.0 Å². The topological polar surface area (TPSA) is 21.3 Å². The van der Waals surface area contributed by atoms with Crippen molar-refractivity contribution in [2.45, 2.75) is 0 Å². The number of furan rings is 1. The molecule has 3 nitrogen and oxygen atoms in total. The highest BCUT2D eigenvalue weighted by Crippen LogP contribution is 2.44. The number of fused-ring (bicyclic) bond motifs is 6. The lowest BCUT2D eigenvalue weighted by atomic mass is 9.99. The Bertz CT molecular complexity index is 3200. The summed E-state index contributed by atoms with van der Waals surface area (Å²) in [5, 5.41) is 4.68. The monoisotopic (exact) mass is 728 g/mol. The SMILES string of the molecule is c1ccc(-c2ccc(N(c3ccc(-c4ccc5c(c4)c4ccccc4n5-c4ccccc4)cc3)c3cc(-c4ccccc4)c4oc5ccccc5c4c3)cc2)cc1. The Morgan fingerprint density at radius 1 is 0.333 bits per heavy atom. The van der Waals surface area contributed by atoms with Gasteiger partial charge in [0, 0.05) is 49.9 Å². The summed E-state index contributed by atoms with van der Waals surface area (Å²) in [6.07, 6.45) is 0. The zero-order chi connectivity index (χ0) is 37.7. The van der Waals surface area contributed by atoms with Gasteiger partial charge in [-0.2, -0.15) is 0 Å². The maximum absolute atomic E-state index is 6.58. The second-order valence-corrected chi connectivity index (χ2v) is 14.5. The van der Waals surface area contributed by atoms with E-state index in [1.807, 2.05) is 6.07 Å². The summed E-state index contributed by atoms with van der Waals surface area (Å²) >= 11 is 0. The number of nitrogens with zero attached hydrogens (tertiary/aromatic N) is 2. The lowest BCUT2D eigenvalue weighted by Gasteiger charge is -2.27. The molecule has 0 aliphatic rings. The van der Waals surface area contributed by atoms with Crippen LogP contribution in [0.15, 0.2) is 223 Å². The summed E-state index contributed by atoms with van der Waals surface area (Å²) in [6.45, 7) is 0. The van der Waals surface area contributed by atoms with Crippen LogP contribution in [0.2, 0.25) is 0 Å². The molecule has 57 heavy (non-hydrogen) atoms. The molecule has 0 aliphatic carbocycles. The van der Waals surface area contributed by atoms with Gasteiger partial charge in [-0.1, -0.05) is 146 Å². The van der Waals surface area contributed by atoms with E-state index >= 15 is 0 Å². The maximum Gasteiger partial charge on any atom is 0.143 e. The van der Waals surface area contributed by atoms with E-state index in [-0.39, 0.29) is 0 Å². The van der Waals surface area contributed by atoms with Gasteiger partial charge in [0.1, 0.15) is 11.2 Å². The van der Waals surface area contributed by atoms with Crippen molar-refractivity contribution in [3.63, 3.8) is 0 Å². The molecule has 0 amide bonds. The summed E-state index contributed by atoms with van der Waals surface area (Å²) in [5.74, 6) is 0. The van der Waals surface area contributed by atoms with E-state index < -0.39 is 0 Å². The molecular weight excluding hydrogens is 693 g/mol. The Labute approximate surface area is 330 Å². The molecule has 0 saturated carbocycles. The average molecular weight is 729 g/mol. The summed E-state index contributed by atoms with van der Waals surface area (Å²) < 4.78 is 8.94. The first-order chi connectivity index (χ1) is 28.3. The molecule has 0 unspecified atom stereocenters. The van der Waals surface area contributed by atoms with E-state index in [9.17, 15) is 0 Å². The third-order valence-corrected chi connectivity index (χ3v) is 11.2.